The number of pyridine rings is 1. The van der Waals surface area contributed by atoms with Crippen LogP contribution in [0.25, 0.3) is 10.9 Å². The van der Waals surface area contributed by atoms with Crippen molar-refractivity contribution >= 4 is 39.8 Å². The number of anilines is 2. The van der Waals surface area contributed by atoms with Crippen LogP contribution in [0.4, 0.5) is 11.4 Å². The van der Waals surface area contributed by atoms with Crippen molar-refractivity contribution < 1.29 is 4.79 Å². The lowest BCUT2D eigenvalue weighted by Gasteiger charge is -2.08. The Morgan fingerprint density at radius 1 is 1.33 bits per heavy atom. The van der Waals surface area contributed by atoms with E-state index in [0.717, 1.165) is 16.5 Å². The smallest absolute Gasteiger partial charge is 0.272 e. The van der Waals surface area contributed by atoms with Gasteiger partial charge in [-0.2, -0.15) is 0 Å². The van der Waals surface area contributed by atoms with Crippen molar-refractivity contribution in [1.29, 1.82) is 0 Å². The van der Waals surface area contributed by atoms with E-state index in [4.69, 9.17) is 17.3 Å². The minimum Gasteiger partial charge on any atom is -0.399 e. The van der Waals surface area contributed by atoms with E-state index in [1.54, 1.807) is 24.4 Å². The lowest BCUT2D eigenvalue weighted by Crippen LogP contribution is -2.13. The van der Waals surface area contributed by atoms with E-state index in [1.165, 1.54) is 0 Å². The van der Waals surface area contributed by atoms with E-state index in [1.807, 2.05) is 19.1 Å². The van der Waals surface area contributed by atoms with Crippen LogP contribution in [0.5, 0.6) is 0 Å². The first-order chi connectivity index (χ1) is 10.0. The highest BCUT2D eigenvalue weighted by molar-refractivity contribution is 6.32. The van der Waals surface area contributed by atoms with Crippen molar-refractivity contribution in [2.24, 2.45) is 0 Å². The number of nitrogens with two attached hydrogens (primary N) is 1. The lowest BCUT2D eigenvalue weighted by atomic mass is 10.2. The molecule has 3 rings (SSSR count). The molecule has 0 aliphatic rings. The highest BCUT2D eigenvalue weighted by Gasteiger charge is 2.13. The zero-order valence-electron chi connectivity index (χ0n) is 11.3. The maximum absolute atomic E-state index is 12.3. The molecule has 0 unspecified atom stereocenters. The first kappa shape index (κ1) is 13.5. The van der Waals surface area contributed by atoms with Gasteiger partial charge in [0, 0.05) is 22.8 Å². The van der Waals surface area contributed by atoms with Gasteiger partial charge in [-0.3, -0.25) is 4.79 Å². The molecule has 6 heteroatoms. The molecule has 5 nitrogen and oxygen atoms in total. The molecule has 2 heterocycles. The quantitative estimate of drug-likeness (QED) is 0.501. The van der Waals surface area contributed by atoms with Gasteiger partial charge in [0.2, 0.25) is 0 Å². The van der Waals surface area contributed by atoms with Gasteiger partial charge in [-0.25, -0.2) is 4.98 Å². The number of fused-ring (bicyclic) bond motifs is 1. The Morgan fingerprint density at radius 3 is 2.90 bits per heavy atom. The summed E-state index contributed by atoms with van der Waals surface area (Å²) >= 11 is 6.01. The first-order valence-corrected chi connectivity index (χ1v) is 6.73. The monoisotopic (exact) mass is 300 g/mol. The van der Waals surface area contributed by atoms with Crippen molar-refractivity contribution in [3.05, 3.63) is 52.9 Å². The predicted octanol–water partition coefficient (Wildman–Crippen LogP) is 3.36. The van der Waals surface area contributed by atoms with Crippen LogP contribution in [0, 0.1) is 6.92 Å². The summed E-state index contributed by atoms with van der Waals surface area (Å²) in [6.07, 6.45) is 1.60. The van der Waals surface area contributed by atoms with Crippen LogP contribution < -0.4 is 11.1 Å². The van der Waals surface area contributed by atoms with Crippen molar-refractivity contribution in [2.75, 3.05) is 11.1 Å². The summed E-state index contributed by atoms with van der Waals surface area (Å²) < 4.78 is 0. The first-order valence-electron chi connectivity index (χ1n) is 6.35. The van der Waals surface area contributed by atoms with Crippen molar-refractivity contribution in [1.82, 2.24) is 9.97 Å². The van der Waals surface area contributed by atoms with Crippen LogP contribution in [-0.4, -0.2) is 15.9 Å². The van der Waals surface area contributed by atoms with E-state index in [-0.39, 0.29) is 11.1 Å². The zero-order valence-corrected chi connectivity index (χ0v) is 12.0. The summed E-state index contributed by atoms with van der Waals surface area (Å²) in [4.78, 5) is 19.3. The second-order valence-corrected chi connectivity index (χ2v) is 5.14. The number of amides is 1. The fraction of sp³-hybridized carbons (Fsp3) is 0.0667. The molecule has 2 aromatic heterocycles. The maximum atomic E-state index is 12.3. The Labute approximate surface area is 126 Å². The minimum absolute atomic E-state index is 0.267. The lowest BCUT2D eigenvalue weighted by molar-refractivity contribution is 0.102. The van der Waals surface area contributed by atoms with Crippen LogP contribution in [-0.2, 0) is 0 Å². The number of carbonyl (C=O) groups excluding carboxylic acids is 1. The van der Waals surface area contributed by atoms with Gasteiger partial charge in [0.05, 0.1) is 5.69 Å². The third-order valence-electron chi connectivity index (χ3n) is 3.24. The number of aryl methyl sites for hydroxylation is 1. The molecule has 0 spiro atoms. The molecule has 4 N–H and O–H groups in total. The molecular weight excluding hydrogens is 288 g/mol. The van der Waals surface area contributed by atoms with Crippen LogP contribution >= 0.6 is 11.6 Å². The van der Waals surface area contributed by atoms with Gasteiger partial charge in [0.25, 0.3) is 5.91 Å². The number of nitrogens with one attached hydrogen (secondary N) is 2. The average molecular weight is 301 g/mol. The molecule has 0 fully saturated rings. The van der Waals surface area contributed by atoms with Gasteiger partial charge in [0.15, 0.2) is 5.15 Å². The third-order valence-corrected chi connectivity index (χ3v) is 3.53. The number of halogens is 1. The van der Waals surface area contributed by atoms with Crippen molar-refractivity contribution in [2.45, 2.75) is 6.92 Å². The van der Waals surface area contributed by atoms with Crippen molar-refractivity contribution in [3.63, 3.8) is 0 Å². The van der Waals surface area contributed by atoms with Crippen LogP contribution in [0.15, 0.2) is 36.5 Å². The predicted molar refractivity (Wildman–Crippen MR) is 84.6 cm³/mol. The molecular formula is C15H13ClN4O. The SMILES string of the molecule is Cc1ccnc(Cl)c1NC(=O)c1cc2cc(N)ccc2[nH]1. The molecule has 0 atom stereocenters. The Hall–Kier alpha value is -2.53. The Bertz CT molecular complexity index is 821. The molecule has 3 aromatic rings. The largest absolute Gasteiger partial charge is 0.399 e. The summed E-state index contributed by atoms with van der Waals surface area (Å²) in [5, 5.41) is 3.93. The molecule has 0 aliphatic carbocycles. The summed E-state index contributed by atoms with van der Waals surface area (Å²) in [6.45, 7) is 1.86. The van der Waals surface area contributed by atoms with Gasteiger partial charge in [-0.15, -0.1) is 0 Å². The molecule has 1 aromatic carbocycles. The number of aromatic amines is 1. The number of hydrogen-bond acceptors (Lipinski definition) is 3. The number of nitrogens with zero attached hydrogens (tertiary/aromatic N) is 1. The number of carbonyl (C=O) groups is 1. The molecule has 0 saturated carbocycles. The fourth-order valence-electron chi connectivity index (χ4n) is 2.13. The summed E-state index contributed by atoms with van der Waals surface area (Å²) in [7, 11) is 0. The van der Waals surface area contributed by atoms with Gasteiger partial charge < -0.3 is 16.0 Å². The number of aromatic nitrogens is 2. The Kier molecular flexibility index (Phi) is 3.27. The van der Waals surface area contributed by atoms with Gasteiger partial charge in [-0.05, 0) is 42.8 Å². The Morgan fingerprint density at radius 2 is 2.14 bits per heavy atom. The summed E-state index contributed by atoms with van der Waals surface area (Å²) in [5.74, 6) is -0.275. The van der Waals surface area contributed by atoms with E-state index in [0.29, 0.717) is 17.1 Å². The highest BCUT2D eigenvalue weighted by Crippen LogP contribution is 2.24. The third kappa shape index (κ3) is 2.55. The zero-order chi connectivity index (χ0) is 15.0. The molecule has 0 aliphatic heterocycles. The molecule has 0 bridgehead atoms. The fourth-order valence-corrected chi connectivity index (χ4v) is 2.38. The molecule has 21 heavy (non-hydrogen) atoms. The Balaban J connectivity index is 1.94. The topological polar surface area (TPSA) is 83.8 Å². The molecule has 1 amide bonds. The van der Waals surface area contributed by atoms with E-state index < -0.39 is 0 Å². The number of hydrogen-bond donors (Lipinski definition) is 3. The number of nitrogen functional groups attached to an aromatic ring is 1. The molecule has 0 radical (unpaired) electrons. The molecule has 106 valence electrons. The normalized spacial score (nSPS) is 10.8. The van der Waals surface area contributed by atoms with Crippen LogP contribution in [0.3, 0.4) is 0 Å². The minimum atomic E-state index is -0.275. The number of H-pyrrole nitrogens is 1. The molecule has 0 saturated heterocycles. The summed E-state index contributed by atoms with van der Waals surface area (Å²) in [6, 6.07) is 8.96. The maximum Gasteiger partial charge on any atom is 0.272 e. The standard InChI is InChI=1S/C15H13ClN4O/c1-8-4-5-18-14(16)13(8)20-15(21)12-7-9-6-10(17)2-3-11(9)19-12/h2-7,19H,17H2,1H3,(H,20,21). The highest BCUT2D eigenvalue weighted by atomic mass is 35.5. The van der Waals surface area contributed by atoms with Crippen LogP contribution in [0.2, 0.25) is 5.15 Å². The average Bonchev–Trinajstić information content (AvgIpc) is 2.86. The van der Waals surface area contributed by atoms with Gasteiger partial charge in [-0.1, -0.05) is 11.6 Å². The van der Waals surface area contributed by atoms with E-state index in [9.17, 15) is 4.79 Å². The second kappa shape index (κ2) is 5.10. The van der Waals surface area contributed by atoms with Crippen molar-refractivity contribution in [3.8, 4) is 0 Å². The van der Waals surface area contributed by atoms with Crippen LogP contribution in [0.1, 0.15) is 16.1 Å². The van der Waals surface area contributed by atoms with Gasteiger partial charge in [0.1, 0.15) is 5.69 Å². The van der Waals surface area contributed by atoms with E-state index in [2.05, 4.69) is 15.3 Å². The number of benzene rings is 1. The van der Waals surface area contributed by atoms with Gasteiger partial charge >= 0.3 is 0 Å². The second-order valence-electron chi connectivity index (χ2n) is 4.78. The summed E-state index contributed by atoms with van der Waals surface area (Å²) in [5.41, 5.74) is 9.04. The van der Waals surface area contributed by atoms with E-state index >= 15 is 0 Å². The number of rotatable bonds is 2.